The predicted molar refractivity (Wildman–Crippen MR) is 79.6 cm³/mol. The minimum Gasteiger partial charge on any atom is -0.352 e. The smallest absolute Gasteiger partial charge is 0.295 e. The molecular formula is C14H13N5O2. The summed E-state index contributed by atoms with van der Waals surface area (Å²) in [6, 6.07) is 6.71. The Balaban J connectivity index is 2.13. The van der Waals surface area contributed by atoms with Crippen molar-refractivity contribution in [3.8, 4) is 0 Å². The van der Waals surface area contributed by atoms with Gasteiger partial charge in [-0.05, 0) is 13.0 Å². The molecule has 1 aromatic carbocycles. The number of pyridine rings is 1. The van der Waals surface area contributed by atoms with Crippen molar-refractivity contribution in [2.45, 2.75) is 6.92 Å². The number of fused-ring (bicyclic) bond motifs is 1. The van der Waals surface area contributed by atoms with Crippen molar-refractivity contribution < 1.29 is 4.92 Å². The molecule has 0 saturated heterocycles. The molecule has 0 unspecified atom stereocenters. The number of nitrogens with zero attached hydrogens (tertiary/aromatic N) is 4. The zero-order chi connectivity index (χ0) is 15.0. The second kappa shape index (κ2) is 4.86. The van der Waals surface area contributed by atoms with Gasteiger partial charge in [0.2, 0.25) is 0 Å². The van der Waals surface area contributed by atoms with Crippen molar-refractivity contribution in [1.82, 2.24) is 14.8 Å². The van der Waals surface area contributed by atoms with Crippen LogP contribution in [0.4, 0.5) is 17.1 Å². The predicted octanol–water partition coefficient (Wildman–Crippen LogP) is 2.93. The minimum absolute atomic E-state index is 0.000872. The first-order valence-electron chi connectivity index (χ1n) is 6.35. The maximum Gasteiger partial charge on any atom is 0.295 e. The quantitative estimate of drug-likeness (QED) is 0.590. The molecule has 0 amide bonds. The zero-order valence-electron chi connectivity index (χ0n) is 11.6. The van der Waals surface area contributed by atoms with Gasteiger partial charge in [-0.25, -0.2) is 4.98 Å². The third-order valence-corrected chi connectivity index (χ3v) is 3.23. The van der Waals surface area contributed by atoms with E-state index in [4.69, 9.17) is 0 Å². The Morgan fingerprint density at radius 3 is 2.76 bits per heavy atom. The topological polar surface area (TPSA) is 85.9 Å². The molecule has 106 valence electrons. The number of hydrogen-bond acceptors (Lipinski definition) is 5. The van der Waals surface area contributed by atoms with E-state index < -0.39 is 4.92 Å². The molecule has 2 heterocycles. The van der Waals surface area contributed by atoms with Crippen LogP contribution in [0.15, 0.2) is 36.7 Å². The summed E-state index contributed by atoms with van der Waals surface area (Å²) in [4.78, 5) is 14.8. The van der Waals surface area contributed by atoms with Crippen molar-refractivity contribution in [3.63, 3.8) is 0 Å². The first-order chi connectivity index (χ1) is 10.1. The Bertz CT molecular complexity index is 840. The molecule has 1 N–H and O–H groups in total. The summed E-state index contributed by atoms with van der Waals surface area (Å²) in [6.07, 6.45) is 3.42. The number of nitrogens with one attached hydrogen (secondary N) is 1. The summed E-state index contributed by atoms with van der Waals surface area (Å²) >= 11 is 0. The minimum atomic E-state index is -0.422. The standard InChI is InChI=1S/C14H13N5O2/c1-9-12(8-18(2)17-9)16-11-6-7-15-14-10(11)4-3-5-13(14)19(20)21/h3-8H,1-2H3,(H,15,16). The zero-order valence-corrected chi connectivity index (χ0v) is 11.6. The molecule has 7 nitrogen and oxygen atoms in total. The van der Waals surface area contributed by atoms with Gasteiger partial charge in [-0.2, -0.15) is 5.10 Å². The van der Waals surface area contributed by atoms with Gasteiger partial charge < -0.3 is 5.32 Å². The lowest BCUT2D eigenvalue weighted by Gasteiger charge is -2.08. The number of hydrogen-bond donors (Lipinski definition) is 1. The molecule has 0 aliphatic rings. The fourth-order valence-electron chi connectivity index (χ4n) is 2.28. The number of aryl methyl sites for hydroxylation is 2. The first-order valence-corrected chi connectivity index (χ1v) is 6.35. The molecule has 0 fully saturated rings. The van der Waals surface area contributed by atoms with E-state index in [2.05, 4.69) is 15.4 Å². The van der Waals surface area contributed by atoms with E-state index in [9.17, 15) is 10.1 Å². The highest BCUT2D eigenvalue weighted by atomic mass is 16.6. The van der Waals surface area contributed by atoms with Gasteiger partial charge in [0.05, 0.1) is 16.3 Å². The van der Waals surface area contributed by atoms with Crippen LogP contribution in [0.1, 0.15) is 5.69 Å². The van der Waals surface area contributed by atoms with Crippen LogP contribution in [0.3, 0.4) is 0 Å². The lowest BCUT2D eigenvalue weighted by atomic mass is 10.1. The summed E-state index contributed by atoms with van der Waals surface area (Å²) < 4.78 is 1.71. The van der Waals surface area contributed by atoms with Gasteiger partial charge in [-0.1, -0.05) is 12.1 Å². The summed E-state index contributed by atoms with van der Waals surface area (Å²) in [5, 5.41) is 19.3. The van der Waals surface area contributed by atoms with E-state index in [0.717, 1.165) is 17.1 Å². The third kappa shape index (κ3) is 2.29. The van der Waals surface area contributed by atoms with Crippen molar-refractivity contribution in [2.75, 3.05) is 5.32 Å². The van der Waals surface area contributed by atoms with Crippen molar-refractivity contribution in [3.05, 3.63) is 52.5 Å². The summed E-state index contributed by atoms with van der Waals surface area (Å²) in [6.45, 7) is 1.90. The van der Waals surface area contributed by atoms with Gasteiger partial charge in [0.25, 0.3) is 5.69 Å². The van der Waals surface area contributed by atoms with E-state index >= 15 is 0 Å². The molecule has 0 spiro atoms. The summed E-state index contributed by atoms with van der Waals surface area (Å²) in [7, 11) is 1.84. The average Bonchev–Trinajstić information content (AvgIpc) is 2.76. The Kier molecular flexibility index (Phi) is 3.02. The van der Waals surface area contributed by atoms with E-state index in [-0.39, 0.29) is 5.69 Å². The fourth-order valence-corrected chi connectivity index (χ4v) is 2.28. The highest BCUT2D eigenvalue weighted by Crippen LogP contribution is 2.30. The Morgan fingerprint density at radius 1 is 1.29 bits per heavy atom. The van der Waals surface area contributed by atoms with Crippen LogP contribution in [-0.2, 0) is 7.05 Å². The maximum atomic E-state index is 11.1. The molecule has 0 aliphatic heterocycles. The molecule has 2 aromatic heterocycles. The van der Waals surface area contributed by atoms with Gasteiger partial charge in [-0.15, -0.1) is 0 Å². The second-order valence-corrected chi connectivity index (χ2v) is 4.72. The third-order valence-electron chi connectivity index (χ3n) is 3.23. The lowest BCUT2D eigenvalue weighted by molar-refractivity contribution is -0.383. The molecule has 0 radical (unpaired) electrons. The molecule has 0 saturated carbocycles. The number of para-hydroxylation sites is 1. The molecule has 21 heavy (non-hydrogen) atoms. The van der Waals surface area contributed by atoms with Gasteiger partial charge in [-0.3, -0.25) is 14.8 Å². The van der Waals surface area contributed by atoms with Gasteiger partial charge >= 0.3 is 0 Å². The fraction of sp³-hybridized carbons (Fsp3) is 0.143. The number of rotatable bonds is 3. The molecule has 0 bridgehead atoms. The van der Waals surface area contributed by atoms with Gasteiger partial charge in [0, 0.05) is 36.6 Å². The van der Waals surface area contributed by atoms with E-state index in [1.54, 1.807) is 23.0 Å². The maximum absolute atomic E-state index is 11.1. The monoisotopic (exact) mass is 283 g/mol. The summed E-state index contributed by atoms with van der Waals surface area (Å²) in [5.74, 6) is 0. The van der Waals surface area contributed by atoms with Crippen molar-refractivity contribution in [2.24, 2.45) is 7.05 Å². The Labute approximate surface area is 120 Å². The molecule has 7 heteroatoms. The number of non-ortho nitro benzene ring substituents is 1. The second-order valence-electron chi connectivity index (χ2n) is 4.72. The van der Waals surface area contributed by atoms with Crippen LogP contribution in [0, 0.1) is 17.0 Å². The first kappa shape index (κ1) is 13.0. The normalized spacial score (nSPS) is 10.8. The lowest BCUT2D eigenvalue weighted by Crippen LogP contribution is -1.96. The van der Waals surface area contributed by atoms with Gasteiger partial charge in [0.15, 0.2) is 0 Å². The Morgan fingerprint density at radius 2 is 2.10 bits per heavy atom. The van der Waals surface area contributed by atoms with Crippen LogP contribution in [-0.4, -0.2) is 19.7 Å². The van der Waals surface area contributed by atoms with Crippen molar-refractivity contribution >= 4 is 28.0 Å². The van der Waals surface area contributed by atoms with E-state index in [0.29, 0.717) is 10.9 Å². The SMILES string of the molecule is Cc1nn(C)cc1Nc1ccnc2c([N+](=O)[O-])cccc12. The van der Waals surface area contributed by atoms with Crippen molar-refractivity contribution in [1.29, 1.82) is 0 Å². The van der Waals surface area contributed by atoms with Gasteiger partial charge in [0.1, 0.15) is 5.52 Å². The van der Waals surface area contributed by atoms with Crippen LogP contribution in [0.5, 0.6) is 0 Å². The average molecular weight is 283 g/mol. The molecule has 3 rings (SSSR count). The van der Waals surface area contributed by atoms with E-state index in [1.165, 1.54) is 6.07 Å². The molecular weight excluding hydrogens is 270 g/mol. The number of aromatic nitrogens is 3. The van der Waals surface area contributed by atoms with Crippen LogP contribution >= 0.6 is 0 Å². The highest BCUT2D eigenvalue weighted by molar-refractivity contribution is 5.97. The number of nitro benzene ring substituents is 1. The van der Waals surface area contributed by atoms with E-state index in [1.807, 2.05) is 26.2 Å². The number of benzene rings is 1. The summed E-state index contributed by atoms with van der Waals surface area (Å²) in [5.41, 5.74) is 2.84. The molecule has 0 atom stereocenters. The number of anilines is 2. The van der Waals surface area contributed by atoms with Crippen LogP contribution in [0.25, 0.3) is 10.9 Å². The molecule has 0 aliphatic carbocycles. The largest absolute Gasteiger partial charge is 0.352 e. The van der Waals surface area contributed by atoms with Crippen LogP contribution in [0.2, 0.25) is 0 Å². The number of nitro groups is 1. The highest BCUT2D eigenvalue weighted by Gasteiger charge is 2.15. The Hall–Kier alpha value is -2.96. The van der Waals surface area contributed by atoms with Crippen LogP contribution < -0.4 is 5.32 Å². The molecule has 3 aromatic rings.